The van der Waals surface area contributed by atoms with E-state index in [4.69, 9.17) is 21.3 Å². The molecule has 0 radical (unpaired) electrons. The van der Waals surface area contributed by atoms with Gasteiger partial charge in [0.1, 0.15) is 18.2 Å². The lowest BCUT2D eigenvalue weighted by atomic mass is 10.1. The molecule has 156 valence electrons. The summed E-state index contributed by atoms with van der Waals surface area (Å²) in [5.74, 6) is 1.29. The second-order valence-electron chi connectivity index (χ2n) is 7.37. The van der Waals surface area contributed by atoms with Crippen molar-refractivity contribution in [3.63, 3.8) is 0 Å². The second kappa shape index (κ2) is 8.69. The van der Waals surface area contributed by atoms with Crippen LogP contribution in [0.3, 0.4) is 0 Å². The van der Waals surface area contributed by atoms with Crippen LogP contribution in [0.1, 0.15) is 5.56 Å². The molecule has 5 heteroatoms. The highest BCUT2D eigenvalue weighted by atomic mass is 35.5. The van der Waals surface area contributed by atoms with Gasteiger partial charge in [-0.2, -0.15) is 0 Å². The number of halogens is 1. The maximum absolute atomic E-state index is 13.5. The van der Waals surface area contributed by atoms with Crippen LogP contribution < -0.4 is 10.3 Å². The summed E-state index contributed by atoms with van der Waals surface area (Å²) in [7, 11) is 0. The lowest BCUT2D eigenvalue weighted by Gasteiger charge is -2.15. The Labute approximate surface area is 190 Å². The van der Waals surface area contributed by atoms with Crippen LogP contribution in [0, 0.1) is 0 Å². The van der Waals surface area contributed by atoms with Crippen LogP contribution in [0.5, 0.6) is 5.75 Å². The lowest BCUT2D eigenvalue weighted by molar-refractivity contribution is 0.306. The average Bonchev–Trinajstić information content (AvgIpc) is 2.84. The maximum atomic E-state index is 13.5. The molecular weight excluding hydrogens is 420 g/mol. The minimum atomic E-state index is -0.126. The Morgan fingerprint density at radius 2 is 1.47 bits per heavy atom. The summed E-state index contributed by atoms with van der Waals surface area (Å²) in [4.78, 5) is 18.3. The summed E-state index contributed by atoms with van der Waals surface area (Å²) in [6.07, 6.45) is 0. The molecule has 0 spiro atoms. The molecule has 4 aromatic carbocycles. The van der Waals surface area contributed by atoms with Crippen molar-refractivity contribution >= 4 is 22.5 Å². The Balaban J connectivity index is 1.56. The third-order valence-electron chi connectivity index (χ3n) is 5.22. The number of rotatable bonds is 5. The SMILES string of the molecule is O=c1c2ccccc2nc(-c2ccc(Cl)cc2)n1-c1ccc(OCc2ccccc2)cc1. The van der Waals surface area contributed by atoms with Gasteiger partial charge in [0.05, 0.1) is 16.6 Å². The van der Waals surface area contributed by atoms with E-state index in [1.807, 2.05) is 84.9 Å². The Hall–Kier alpha value is -3.89. The van der Waals surface area contributed by atoms with E-state index >= 15 is 0 Å². The first-order valence-corrected chi connectivity index (χ1v) is 10.6. The summed E-state index contributed by atoms with van der Waals surface area (Å²) in [6.45, 7) is 0.480. The van der Waals surface area contributed by atoms with Crippen molar-refractivity contribution in [2.75, 3.05) is 0 Å². The zero-order chi connectivity index (χ0) is 21.9. The maximum Gasteiger partial charge on any atom is 0.266 e. The summed E-state index contributed by atoms with van der Waals surface area (Å²) < 4.78 is 7.53. The fourth-order valence-electron chi connectivity index (χ4n) is 3.60. The standard InChI is InChI=1S/C27H19ClN2O2/c28-21-12-10-20(11-13-21)26-29-25-9-5-4-8-24(25)27(31)30(26)22-14-16-23(17-15-22)32-18-19-6-2-1-3-7-19/h1-17H,18H2. The average molecular weight is 439 g/mol. The Morgan fingerprint density at radius 3 is 2.22 bits per heavy atom. The summed E-state index contributed by atoms with van der Waals surface area (Å²) >= 11 is 6.07. The van der Waals surface area contributed by atoms with Crippen molar-refractivity contribution in [1.29, 1.82) is 0 Å². The first-order chi connectivity index (χ1) is 15.7. The number of ether oxygens (including phenoxy) is 1. The number of hydrogen-bond donors (Lipinski definition) is 0. The Morgan fingerprint density at radius 1 is 0.781 bits per heavy atom. The number of aromatic nitrogens is 2. The van der Waals surface area contributed by atoms with Crippen LogP contribution in [-0.4, -0.2) is 9.55 Å². The molecule has 0 atom stereocenters. The van der Waals surface area contributed by atoms with Crippen molar-refractivity contribution in [3.8, 4) is 22.8 Å². The molecule has 0 amide bonds. The fourth-order valence-corrected chi connectivity index (χ4v) is 3.72. The smallest absolute Gasteiger partial charge is 0.266 e. The molecule has 5 rings (SSSR count). The van der Waals surface area contributed by atoms with Crippen molar-refractivity contribution in [2.45, 2.75) is 6.61 Å². The van der Waals surface area contributed by atoms with Gasteiger partial charge in [-0.25, -0.2) is 4.98 Å². The van der Waals surface area contributed by atoms with Crippen LogP contribution in [0.2, 0.25) is 5.02 Å². The number of nitrogens with zero attached hydrogens (tertiary/aromatic N) is 2. The van der Waals surface area contributed by atoms with Crippen molar-refractivity contribution in [3.05, 3.63) is 124 Å². The van der Waals surface area contributed by atoms with Crippen molar-refractivity contribution in [2.24, 2.45) is 0 Å². The van der Waals surface area contributed by atoms with E-state index in [0.29, 0.717) is 34.0 Å². The molecular formula is C27H19ClN2O2. The zero-order valence-electron chi connectivity index (χ0n) is 17.1. The van der Waals surface area contributed by atoms with Crippen LogP contribution in [-0.2, 0) is 6.61 Å². The first kappa shape index (κ1) is 20.0. The topological polar surface area (TPSA) is 44.1 Å². The van der Waals surface area contributed by atoms with Crippen LogP contribution in [0.4, 0.5) is 0 Å². The third-order valence-corrected chi connectivity index (χ3v) is 5.47. The monoisotopic (exact) mass is 438 g/mol. The second-order valence-corrected chi connectivity index (χ2v) is 7.80. The van der Waals surface area contributed by atoms with Gasteiger partial charge in [-0.05, 0) is 66.2 Å². The molecule has 0 N–H and O–H groups in total. The molecule has 1 heterocycles. The number of fused-ring (bicyclic) bond motifs is 1. The third kappa shape index (κ3) is 4.01. The van der Waals surface area contributed by atoms with E-state index in [-0.39, 0.29) is 5.56 Å². The van der Waals surface area contributed by atoms with E-state index in [2.05, 4.69) is 0 Å². The molecule has 1 aromatic heterocycles. The van der Waals surface area contributed by atoms with Crippen molar-refractivity contribution < 1.29 is 4.74 Å². The molecule has 0 aliphatic rings. The normalized spacial score (nSPS) is 10.9. The highest BCUT2D eigenvalue weighted by Gasteiger charge is 2.14. The lowest BCUT2D eigenvalue weighted by Crippen LogP contribution is -2.21. The van der Waals surface area contributed by atoms with Gasteiger partial charge in [0.2, 0.25) is 0 Å². The molecule has 5 aromatic rings. The molecule has 0 saturated heterocycles. The van der Waals surface area contributed by atoms with Gasteiger partial charge in [0.25, 0.3) is 5.56 Å². The predicted octanol–water partition coefficient (Wildman–Crippen LogP) is 6.29. The zero-order valence-corrected chi connectivity index (χ0v) is 17.9. The van der Waals surface area contributed by atoms with Gasteiger partial charge in [0, 0.05) is 10.6 Å². The van der Waals surface area contributed by atoms with Gasteiger partial charge in [-0.3, -0.25) is 9.36 Å². The van der Waals surface area contributed by atoms with Gasteiger partial charge < -0.3 is 4.74 Å². The molecule has 0 aliphatic heterocycles. The van der Waals surface area contributed by atoms with Crippen LogP contribution in [0.15, 0.2) is 108 Å². The van der Waals surface area contributed by atoms with Crippen molar-refractivity contribution in [1.82, 2.24) is 9.55 Å². The van der Waals surface area contributed by atoms with Gasteiger partial charge >= 0.3 is 0 Å². The highest BCUT2D eigenvalue weighted by Crippen LogP contribution is 2.25. The number of hydrogen-bond acceptors (Lipinski definition) is 3. The van der Waals surface area contributed by atoms with E-state index in [1.165, 1.54) is 0 Å². The number of benzene rings is 4. The van der Waals surface area contributed by atoms with Gasteiger partial charge in [0.15, 0.2) is 0 Å². The van der Waals surface area contributed by atoms with E-state index in [1.54, 1.807) is 22.8 Å². The van der Waals surface area contributed by atoms with E-state index in [0.717, 1.165) is 16.9 Å². The quantitative estimate of drug-likeness (QED) is 0.324. The summed E-state index contributed by atoms with van der Waals surface area (Å²) in [5.41, 5.74) is 3.14. The molecule has 0 bridgehead atoms. The Kier molecular flexibility index (Phi) is 5.44. The van der Waals surface area contributed by atoms with Gasteiger partial charge in [-0.1, -0.05) is 54.1 Å². The molecule has 0 saturated carbocycles. The highest BCUT2D eigenvalue weighted by molar-refractivity contribution is 6.30. The summed E-state index contributed by atoms with van der Waals surface area (Å²) in [6, 6.07) is 32.2. The predicted molar refractivity (Wildman–Crippen MR) is 129 cm³/mol. The molecule has 32 heavy (non-hydrogen) atoms. The van der Waals surface area contributed by atoms with E-state index < -0.39 is 0 Å². The minimum absolute atomic E-state index is 0.126. The molecule has 0 unspecified atom stereocenters. The van der Waals surface area contributed by atoms with Crippen LogP contribution in [0.25, 0.3) is 28.0 Å². The van der Waals surface area contributed by atoms with Gasteiger partial charge in [-0.15, -0.1) is 0 Å². The fraction of sp³-hybridized carbons (Fsp3) is 0.0370. The first-order valence-electron chi connectivity index (χ1n) is 10.2. The Bertz CT molecular complexity index is 1430. The summed E-state index contributed by atoms with van der Waals surface area (Å²) in [5, 5.41) is 1.19. The largest absolute Gasteiger partial charge is 0.489 e. The van der Waals surface area contributed by atoms with Crippen LogP contribution >= 0.6 is 11.6 Å². The molecule has 0 fully saturated rings. The molecule has 0 aliphatic carbocycles. The van der Waals surface area contributed by atoms with E-state index in [9.17, 15) is 4.79 Å². The number of para-hydroxylation sites is 1. The minimum Gasteiger partial charge on any atom is -0.489 e. The molecule has 4 nitrogen and oxygen atoms in total.